The topological polar surface area (TPSA) is 12.0 Å². The largest absolute Gasteiger partial charge is 0.314 e. The third-order valence-electron chi connectivity index (χ3n) is 3.32. The van der Waals surface area contributed by atoms with E-state index in [1.165, 1.54) is 44.3 Å². The molecular weight excluding hydrogens is 190 g/mol. The van der Waals surface area contributed by atoms with Crippen molar-refractivity contribution in [1.29, 1.82) is 0 Å². The maximum absolute atomic E-state index is 3.67. The van der Waals surface area contributed by atoms with Gasteiger partial charge in [0, 0.05) is 6.04 Å². The van der Waals surface area contributed by atoms with Crippen molar-refractivity contribution >= 4 is 11.8 Å². The van der Waals surface area contributed by atoms with Crippen molar-refractivity contribution < 1.29 is 0 Å². The summed E-state index contributed by atoms with van der Waals surface area (Å²) in [5, 5.41) is 3.67. The van der Waals surface area contributed by atoms with Crippen molar-refractivity contribution in [2.45, 2.75) is 51.5 Å². The van der Waals surface area contributed by atoms with E-state index in [1.54, 1.807) is 0 Å². The molecule has 2 atom stereocenters. The number of hydrogen-bond acceptors (Lipinski definition) is 2. The van der Waals surface area contributed by atoms with Gasteiger partial charge >= 0.3 is 0 Å². The van der Waals surface area contributed by atoms with Crippen molar-refractivity contribution in [2.24, 2.45) is 5.92 Å². The summed E-state index contributed by atoms with van der Waals surface area (Å²) in [6.07, 6.45) is 10.9. The zero-order valence-electron chi connectivity index (χ0n) is 9.72. The summed E-state index contributed by atoms with van der Waals surface area (Å²) >= 11 is 1.99. The summed E-state index contributed by atoms with van der Waals surface area (Å²) in [7, 11) is 0. The highest BCUT2D eigenvalue weighted by atomic mass is 32.2. The first kappa shape index (κ1) is 12.4. The fourth-order valence-corrected chi connectivity index (χ4v) is 3.07. The van der Waals surface area contributed by atoms with Crippen LogP contribution in [0.1, 0.15) is 45.4 Å². The molecule has 0 radical (unpaired) electrons. The second-order valence-corrected chi connectivity index (χ2v) is 5.33. The van der Waals surface area contributed by atoms with Crippen LogP contribution in [0.3, 0.4) is 0 Å². The number of hydrogen-bond donors (Lipinski definition) is 1. The fraction of sp³-hybridized carbons (Fsp3) is 1.00. The van der Waals surface area contributed by atoms with Crippen LogP contribution < -0.4 is 5.32 Å². The van der Waals surface area contributed by atoms with E-state index in [0.29, 0.717) is 0 Å². The molecule has 1 N–H and O–H groups in total. The highest BCUT2D eigenvalue weighted by Crippen LogP contribution is 2.26. The summed E-state index contributed by atoms with van der Waals surface area (Å²) in [6, 6.07) is 0.814. The molecule has 1 nitrogen and oxygen atoms in total. The summed E-state index contributed by atoms with van der Waals surface area (Å²) in [4.78, 5) is 0. The van der Waals surface area contributed by atoms with Gasteiger partial charge in [-0.25, -0.2) is 0 Å². The Morgan fingerprint density at radius 1 is 1.21 bits per heavy atom. The quantitative estimate of drug-likeness (QED) is 0.706. The molecule has 0 aromatic heterocycles. The lowest BCUT2D eigenvalue weighted by Crippen LogP contribution is -2.35. The average Bonchev–Trinajstić information content (AvgIpc) is 2.41. The smallest absolute Gasteiger partial charge is 0.00955 e. The Hall–Kier alpha value is 0.310. The molecule has 0 spiro atoms. The first-order valence-corrected chi connectivity index (χ1v) is 7.50. The van der Waals surface area contributed by atoms with Gasteiger partial charge in [-0.15, -0.1) is 0 Å². The van der Waals surface area contributed by atoms with E-state index < -0.39 is 0 Å². The second kappa shape index (κ2) is 7.58. The van der Waals surface area contributed by atoms with Crippen LogP contribution in [-0.4, -0.2) is 24.6 Å². The van der Waals surface area contributed by atoms with Gasteiger partial charge in [0.2, 0.25) is 0 Å². The Bertz CT molecular complexity index is 138. The lowest BCUT2D eigenvalue weighted by molar-refractivity contribution is 0.333. The summed E-state index contributed by atoms with van der Waals surface area (Å²) in [6.45, 7) is 3.37. The van der Waals surface area contributed by atoms with Gasteiger partial charge in [-0.2, -0.15) is 11.8 Å². The molecular formula is C12H25NS. The lowest BCUT2D eigenvalue weighted by Gasteiger charge is -2.25. The SMILES string of the molecule is CCNC1CCCCCC1CCSC. The molecule has 0 aromatic rings. The highest BCUT2D eigenvalue weighted by Gasteiger charge is 2.21. The minimum absolute atomic E-state index is 0.814. The maximum Gasteiger partial charge on any atom is 0.00955 e. The van der Waals surface area contributed by atoms with E-state index in [1.807, 2.05) is 11.8 Å². The Labute approximate surface area is 93.4 Å². The van der Waals surface area contributed by atoms with Crippen molar-refractivity contribution in [3.05, 3.63) is 0 Å². The molecule has 0 aromatic carbocycles. The van der Waals surface area contributed by atoms with E-state index in [2.05, 4.69) is 18.5 Å². The molecule has 1 aliphatic carbocycles. The molecule has 1 fully saturated rings. The predicted octanol–water partition coefficient (Wildman–Crippen LogP) is 3.30. The van der Waals surface area contributed by atoms with E-state index in [0.717, 1.165) is 18.5 Å². The van der Waals surface area contributed by atoms with E-state index >= 15 is 0 Å². The Morgan fingerprint density at radius 3 is 2.71 bits per heavy atom. The first-order valence-electron chi connectivity index (χ1n) is 6.10. The zero-order valence-corrected chi connectivity index (χ0v) is 10.5. The van der Waals surface area contributed by atoms with Crippen LogP contribution in [0.15, 0.2) is 0 Å². The molecule has 1 aliphatic rings. The molecule has 1 rings (SSSR count). The summed E-state index contributed by atoms with van der Waals surface area (Å²) < 4.78 is 0. The van der Waals surface area contributed by atoms with Gasteiger partial charge in [-0.1, -0.05) is 26.2 Å². The van der Waals surface area contributed by atoms with Gasteiger partial charge in [0.05, 0.1) is 0 Å². The first-order chi connectivity index (χ1) is 6.88. The lowest BCUT2D eigenvalue weighted by atomic mass is 9.92. The van der Waals surface area contributed by atoms with Gasteiger partial charge in [0.1, 0.15) is 0 Å². The molecule has 14 heavy (non-hydrogen) atoms. The molecule has 0 bridgehead atoms. The molecule has 0 amide bonds. The van der Waals surface area contributed by atoms with E-state index in [-0.39, 0.29) is 0 Å². The van der Waals surface area contributed by atoms with Crippen molar-refractivity contribution in [1.82, 2.24) is 5.32 Å². The van der Waals surface area contributed by atoms with Gasteiger partial charge in [0.25, 0.3) is 0 Å². The molecule has 0 heterocycles. The van der Waals surface area contributed by atoms with Gasteiger partial charge in [-0.05, 0) is 43.7 Å². The minimum Gasteiger partial charge on any atom is -0.314 e. The van der Waals surface area contributed by atoms with Crippen LogP contribution in [-0.2, 0) is 0 Å². The Morgan fingerprint density at radius 2 is 2.00 bits per heavy atom. The minimum atomic E-state index is 0.814. The molecule has 2 heteroatoms. The standard InChI is InChI=1S/C12H25NS/c1-3-13-12-8-6-4-5-7-11(12)9-10-14-2/h11-13H,3-10H2,1-2H3. The fourth-order valence-electron chi connectivity index (χ4n) is 2.53. The second-order valence-electron chi connectivity index (χ2n) is 4.34. The van der Waals surface area contributed by atoms with Gasteiger partial charge < -0.3 is 5.32 Å². The Balaban J connectivity index is 2.37. The summed E-state index contributed by atoms with van der Waals surface area (Å²) in [5.74, 6) is 2.29. The average molecular weight is 215 g/mol. The zero-order chi connectivity index (χ0) is 10.2. The number of thioether (sulfide) groups is 1. The van der Waals surface area contributed by atoms with E-state index in [4.69, 9.17) is 0 Å². The van der Waals surface area contributed by atoms with Crippen LogP contribution in [0.25, 0.3) is 0 Å². The molecule has 84 valence electrons. The molecule has 0 aliphatic heterocycles. The number of nitrogens with one attached hydrogen (secondary N) is 1. The van der Waals surface area contributed by atoms with Gasteiger partial charge in [0.15, 0.2) is 0 Å². The normalized spacial score (nSPS) is 28.7. The third kappa shape index (κ3) is 4.22. The van der Waals surface area contributed by atoms with Crippen molar-refractivity contribution in [3.63, 3.8) is 0 Å². The number of rotatable bonds is 5. The molecule has 0 saturated heterocycles. The molecule has 2 unspecified atom stereocenters. The van der Waals surface area contributed by atoms with E-state index in [9.17, 15) is 0 Å². The van der Waals surface area contributed by atoms with Crippen LogP contribution in [0, 0.1) is 5.92 Å². The highest BCUT2D eigenvalue weighted by molar-refractivity contribution is 7.98. The van der Waals surface area contributed by atoms with Crippen molar-refractivity contribution in [3.8, 4) is 0 Å². The monoisotopic (exact) mass is 215 g/mol. The third-order valence-corrected chi connectivity index (χ3v) is 3.96. The van der Waals surface area contributed by atoms with Gasteiger partial charge in [-0.3, -0.25) is 0 Å². The van der Waals surface area contributed by atoms with Crippen molar-refractivity contribution in [2.75, 3.05) is 18.6 Å². The van der Waals surface area contributed by atoms with Crippen LogP contribution in [0.2, 0.25) is 0 Å². The van der Waals surface area contributed by atoms with Crippen LogP contribution >= 0.6 is 11.8 Å². The maximum atomic E-state index is 3.67. The van der Waals surface area contributed by atoms with Crippen LogP contribution in [0.4, 0.5) is 0 Å². The van der Waals surface area contributed by atoms with Crippen LogP contribution in [0.5, 0.6) is 0 Å². The summed E-state index contributed by atoms with van der Waals surface area (Å²) in [5.41, 5.74) is 0. The Kier molecular flexibility index (Phi) is 6.70. The predicted molar refractivity (Wildman–Crippen MR) is 67.0 cm³/mol. The molecule has 1 saturated carbocycles.